The van der Waals surface area contributed by atoms with Crippen LogP contribution in [0.4, 0.5) is 17.6 Å². The van der Waals surface area contributed by atoms with Crippen LogP contribution in [0.1, 0.15) is 19.5 Å². The van der Waals surface area contributed by atoms with Crippen LogP contribution in [0.3, 0.4) is 0 Å². The Morgan fingerprint density at radius 2 is 1.83 bits per heavy atom. The van der Waals surface area contributed by atoms with Crippen LogP contribution >= 0.6 is 11.6 Å². The maximum absolute atomic E-state index is 14.1. The van der Waals surface area contributed by atoms with Gasteiger partial charge in [0.1, 0.15) is 17.3 Å². The van der Waals surface area contributed by atoms with Crippen molar-refractivity contribution in [3.63, 3.8) is 0 Å². The molecule has 0 amide bonds. The largest absolute Gasteiger partial charge is 0.489 e. The van der Waals surface area contributed by atoms with E-state index in [4.69, 9.17) is 16.3 Å². The molecule has 0 spiro atoms. The quantitative estimate of drug-likeness (QED) is 0.849. The van der Waals surface area contributed by atoms with Gasteiger partial charge >= 0.3 is 11.9 Å². The lowest BCUT2D eigenvalue weighted by Gasteiger charge is -2.14. The summed E-state index contributed by atoms with van der Waals surface area (Å²) in [7, 11) is 0. The van der Waals surface area contributed by atoms with Gasteiger partial charge in [-0.2, -0.15) is 13.2 Å². The number of H-pyrrole nitrogens is 1. The summed E-state index contributed by atoms with van der Waals surface area (Å²) in [6.45, 7) is 3.33. The minimum atomic E-state index is -4.91. The molecular weight excluding hydrogens is 356 g/mol. The molecule has 0 saturated carbocycles. The van der Waals surface area contributed by atoms with E-state index in [1.54, 1.807) is 13.8 Å². The first-order chi connectivity index (χ1) is 11.0. The molecule has 130 valence electrons. The fourth-order valence-electron chi connectivity index (χ4n) is 1.91. The number of halogens is 5. The highest BCUT2D eigenvalue weighted by molar-refractivity contribution is 6.32. The van der Waals surface area contributed by atoms with E-state index < -0.39 is 34.6 Å². The first-order valence-corrected chi connectivity index (χ1v) is 6.98. The minimum Gasteiger partial charge on any atom is -0.489 e. The first-order valence-electron chi connectivity index (χ1n) is 6.60. The van der Waals surface area contributed by atoms with Crippen LogP contribution in [0.25, 0.3) is 5.69 Å². The van der Waals surface area contributed by atoms with Gasteiger partial charge in [0.25, 0.3) is 5.56 Å². The lowest BCUT2D eigenvalue weighted by atomic mass is 10.2. The second-order valence-electron chi connectivity index (χ2n) is 5.06. The van der Waals surface area contributed by atoms with Crippen molar-refractivity contribution >= 4 is 11.6 Å². The van der Waals surface area contributed by atoms with Crippen molar-refractivity contribution in [2.45, 2.75) is 26.1 Å². The number of alkyl halides is 3. The summed E-state index contributed by atoms with van der Waals surface area (Å²) in [5.41, 5.74) is -4.88. The van der Waals surface area contributed by atoms with Gasteiger partial charge in [-0.3, -0.25) is 4.79 Å². The third-order valence-electron chi connectivity index (χ3n) is 2.84. The second kappa shape index (κ2) is 6.31. The topological polar surface area (TPSA) is 64.1 Å². The number of hydrogen-bond donors (Lipinski definition) is 1. The smallest absolute Gasteiger partial charge is 0.431 e. The Labute approximate surface area is 137 Å². The normalized spacial score (nSPS) is 11.8. The third-order valence-corrected chi connectivity index (χ3v) is 3.14. The van der Waals surface area contributed by atoms with Crippen LogP contribution in [0.5, 0.6) is 5.75 Å². The molecule has 0 unspecified atom stereocenters. The molecule has 5 nitrogen and oxygen atoms in total. The Kier molecular flexibility index (Phi) is 4.75. The van der Waals surface area contributed by atoms with E-state index in [1.165, 1.54) is 4.98 Å². The van der Waals surface area contributed by atoms with Gasteiger partial charge in [0.2, 0.25) is 0 Å². The summed E-state index contributed by atoms with van der Waals surface area (Å²) in [6.07, 6.45) is -5.26. The molecule has 0 aliphatic rings. The summed E-state index contributed by atoms with van der Waals surface area (Å²) in [5.74, 6) is -1.09. The fourth-order valence-corrected chi connectivity index (χ4v) is 2.11. The predicted octanol–water partition coefficient (Wildman–Crippen LogP) is 3.12. The number of aromatic nitrogens is 2. The van der Waals surface area contributed by atoms with Crippen LogP contribution in [-0.2, 0) is 6.18 Å². The van der Waals surface area contributed by atoms with Gasteiger partial charge in [-0.15, -0.1) is 0 Å². The Hall–Kier alpha value is -2.29. The highest BCUT2D eigenvalue weighted by Crippen LogP contribution is 2.30. The molecule has 24 heavy (non-hydrogen) atoms. The maximum Gasteiger partial charge on any atom is 0.431 e. The Morgan fingerprint density at radius 3 is 2.33 bits per heavy atom. The van der Waals surface area contributed by atoms with Crippen LogP contribution < -0.4 is 16.0 Å². The van der Waals surface area contributed by atoms with Gasteiger partial charge in [-0.1, -0.05) is 11.6 Å². The van der Waals surface area contributed by atoms with E-state index in [-0.39, 0.29) is 27.5 Å². The Bertz CT molecular complexity index is 856. The highest BCUT2D eigenvalue weighted by Gasteiger charge is 2.33. The number of nitrogens with zero attached hydrogens (tertiary/aromatic N) is 1. The van der Waals surface area contributed by atoms with Gasteiger partial charge in [0, 0.05) is 12.1 Å². The fraction of sp³-hybridized carbons (Fsp3) is 0.286. The Balaban J connectivity index is 2.69. The van der Waals surface area contributed by atoms with Crippen LogP contribution in [0, 0.1) is 5.82 Å². The van der Waals surface area contributed by atoms with E-state index in [0.29, 0.717) is 0 Å². The monoisotopic (exact) mass is 366 g/mol. The third kappa shape index (κ3) is 3.61. The number of benzene rings is 1. The molecule has 0 fully saturated rings. The molecule has 0 radical (unpaired) electrons. The van der Waals surface area contributed by atoms with Crippen molar-refractivity contribution in [1.82, 2.24) is 9.55 Å². The summed E-state index contributed by atoms with van der Waals surface area (Å²) in [6, 6.07) is 1.94. The standard InChI is InChI=1S/C14H11ClF4N2O3/c1-6(2)24-10-4-9(8(16)3-7(10)15)21-12(22)5-11(14(17,18)19)20-13(21)23/h3-6H,1-2H3,(H,20,23). The average Bonchev–Trinajstić information content (AvgIpc) is 2.41. The molecule has 1 aromatic heterocycles. The summed E-state index contributed by atoms with van der Waals surface area (Å²) in [4.78, 5) is 25.2. The molecule has 0 bridgehead atoms. The molecule has 1 heterocycles. The van der Waals surface area contributed by atoms with Gasteiger partial charge in [0.15, 0.2) is 0 Å². The van der Waals surface area contributed by atoms with Crippen LogP contribution in [0.2, 0.25) is 5.02 Å². The number of rotatable bonds is 3. The molecule has 2 rings (SSSR count). The van der Waals surface area contributed by atoms with Gasteiger partial charge in [-0.25, -0.2) is 13.8 Å². The van der Waals surface area contributed by atoms with Crippen molar-refractivity contribution in [2.24, 2.45) is 0 Å². The molecule has 10 heteroatoms. The van der Waals surface area contributed by atoms with E-state index >= 15 is 0 Å². The molecule has 0 saturated heterocycles. The average molecular weight is 367 g/mol. The maximum atomic E-state index is 14.1. The number of aromatic amines is 1. The molecule has 1 aromatic carbocycles. The lowest BCUT2D eigenvalue weighted by molar-refractivity contribution is -0.141. The van der Waals surface area contributed by atoms with E-state index in [0.717, 1.165) is 12.1 Å². The van der Waals surface area contributed by atoms with Crippen molar-refractivity contribution in [3.8, 4) is 11.4 Å². The zero-order chi connectivity index (χ0) is 18.2. The molecule has 0 aliphatic heterocycles. The van der Waals surface area contributed by atoms with Crippen molar-refractivity contribution in [2.75, 3.05) is 0 Å². The number of ether oxygens (including phenoxy) is 1. The zero-order valence-electron chi connectivity index (χ0n) is 12.4. The minimum absolute atomic E-state index is 0.0192. The SMILES string of the molecule is CC(C)Oc1cc(-n2c(=O)cc(C(F)(F)F)[nH]c2=O)c(F)cc1Cl. The van der Waals surface area contributed by atoms with E-state index in [2.05, 4.69) is 0 Å². The predicted molar refractivity (Wildman–Crippen MR) is 78.4 cm³/mol. The second-order valence-corrected chi connectivity index (χ2v) is 5.47. The van der Waals surface area contributed by atoms with Gasteiger partial charge < -0.3 is 9.72 Å². The molecule has 0 aliphatic carbocycles. The van der Waals surface area contributed by atoms with E-state index in [9.17, 15) is 27.2 Å². The van der Waals surface area contributed by atoms with Crippen molar-refractivity contribution < 1.29 is 22.3 Å². The molecule has 1 N–H and O–H groups in total. The van der Waals surface area contributed by atoms with Crippen molar-refractivity contribution in [1.29, 1.82) is 0 Å². The lowest BCUT2D eigenvalue weighted by Crippen LogP contribution is -2.36. The molecular formula is C14H11ClF4N2O3. The van der Waals surface area contributed by atoms with Gasteiger partial charge in [0.05, 0.1) is 16.8 Å². The summed E-state index contributed by atoms with van der Waals surface area (Å²) < 4.78 is 57.4. The zero-order valence-corrected chi connectivity index (χ0v) is 13.1. The first kappa shape index (κ1) is 18.1. The summed E-state index contributed by atoms with van der Waals surface area (Å²) >= 11 is 5.81. The molecule has 2 aromatic rings. The van der Waals surface area contributed by atoms with Gasteiger partial charge in [-0.05, 0) is 19.9 Å². The number of hydrogen-bond acceptors (Lipinski definition) is 3. The van der Waals surface area contributed by atoms with Crippen LogP contribution in [-0.4, -0.2) is 15.7 Å². The highest BCUT2D eigenvalue weighted by atomic mass is 35.5. The number of nitrogens with one attached hydrogen (secondary N) is 1. The van der Waals surface area contributed by atoms with Crippen molar-refractivity contribution in [3.05, 3.63) is 55.6 Å². The molecule has 0 atom stereocenters. The van der Waals surface area contributed by atoms with Crippen LogP contribution in [0.15, 0.2) is 27.8 Å². The van der Waals surface area contributed by atoms with E-state index in [1.807, 2.05) is 0 Å². The Morgan fingerprint density at radius 1 is 1.21 bits per heavy atom. The summed E-state index contributed by atoms with van der Waals surface area (Å²) in [5, 5.41) is -0.110.